The van der Waals surface area contributed by atoms with E-state index < -0.39 is 5.97 Å². The van der Waals surface area contributed by atoms with Crippen LogP contribution in [0.15, 0.2) is 41.4 Å². The molecule has 0 saturated heterocycles. The number of hydrogen-bond acceptors (Lipinski definition) is 6. The highest BCUT2D eigenvalue weighted by molar-refractivity contribution is 5.90. The normalized spacial score (nSPS) is 11.0. The molecule has 2 aromatic rings. The van der Waals surface area contributed by atoms with Crippen LogP contribution in [0.3, 0.4) is 0 Å². The second-order valence-corrected chi connectivity index (χ2v) is 4.74. The second kappa shape index (κ2) is 6.69. The molecule has 0 unspecified atom stereocenters. The first-order valence-corrected chi connectivity index (χ1v) is 6.93. The predicted octanol–water partition coefficient (Wildman–Crippen LogP) is 2.57. The van der Waals surface area contributed by atoms with Gasteiger partial charge in [-0.2, -0.15) is 4.99 Å². The number of carbonyl (C=O) groups is 1. The summed E-state index contributed by atoms with van der Waals surface area (Å²) in [6, 6.07) is 9.84. The van der Waals surface area contributed by atoms with E-state index in [2.05, 4.69) is 21.6 Å². The van der Waals surface area contributed by atoms with Crippen LogP contribution < -0.4 is 9.47 Å². The van der Waals surface area contributed by atoms with Crippen molar-refractivity contribution in [3.05, 3.63) is 53.1 Å². The molecule has 3 rings (SSSR count). The molecule has 0 atom stereocenters. The summed E-state index contributed by atoms with van der Waals surface area (Å²) in [5.41, 5.74) is 1.76. The molecule has 0 aliphatic carbocycles. The molecule has 24 heavy (non-hydrogen) atoms. The second-order valence-electron chi connectivity index (χ2n) is 4.74. The average Bonchev–Trinajstić information content (AvgIpc) is 3.08. The Morgan fingerprint density at radius 3 is 2.75 bits per heavy atom. The van der Waals surface area contributed by atoms with Crippen LogP contribution >= 0.6 is 0 Å². The summed E-state index contributed by atoms with van der Waals surface area (Å²) in [6.07, 6.45) is 1.47. The summed E-state index contributed by atoms with van der Waals surface area (Å²) in [7, 11) is 1.29. The van der Waals surface area contributed by atoms with Crippen molar-refractivity contribution in [3.63, 3.8) is 0 Å². The number of esters is 1. The molecule has 0 spiro atoms. The quantitative estimate of drug-likeness (QED) is 0.368. The van der Waals surface area contributed by atoms with Crippen LogP contribution in [0.25, 0.3) is 0 Å². The molecular formula is C18H11NO5. The van der Waals surface area contributed by atoms with Crippen LogP contribution in [-0.2, 0) is 9.53 Å². The first kappa shape index (κ1) is 15.3. The molecule has 0 saturated carbocycles. The summed E-state index contributed by atoms with van der Waals surface area (Å²) in [5, 5.41) is 0. The average molecular weight is 321 g/mol. The first-order chi connectivity index (χ1) is 11.7. The van der Waals surface area contributed by atoms with Gasteiger partial charge in [-0.1, -0.05) is 11.8 Å². The summed E-state index contributed by atoms with van der Waals surface area (Å²) < 4.78 is 15.2. The number of benzene rings is 2. The number of rotatable bonds is 2. The number of aliphatic imine (C=N–C) groups is 1. The van der Waals surface area contributed by atoms with Gasteiger partial charge in [-0.05, 0) is 36.4 Å². The van der Waals surface area contributed by atoms with Crippen LogP contribution in [0.1, 0.15) is 21.5 Å². The van der Waals surface area contributed by atoms with Crippen molar-refractivity contribution in [2.45, 2.75) is 0 Å². The molecule has 0 amide bonds. The smallest absolute Gasteiger partial charge is 0.337 e. The third-order valence-electron chi connectivity index (χ3n) is 3.30. The Morgan fingerprint density at radius 1 is 1.12 bits per heavy atom. The van der Waals surface area contributed by atoms with Gasteiger partial charge in [-0.15, -0.1) is 0 Å². The minimum atomic E-state index is -0.497. The molecule has 1 heterocycles. The van der Waals surface area contributed by atoms with E-state index in [1.165, 1.54) is 31.4 Å². The van der Waals surface area contributed by atoms with Crippen LogP contribution in [0.4, 0.5) is 5.69 Å². The molecular weight excluding hydrogens is 310 g/mol. The standard InChI is InChI=1S/C18H11NO5/c1-22-18(21)14-5-6-15(19-10-20)13(9-14)4-2-12-3-7-16-17(8-12)24-11-23-16/h3,5-9H,11H2,1H3. The van der Waals surface area contributed by atoms with Crippen molar-refractivity contribution in [3.8, 4) is 23.3 Å². The van der Waals surface area contributed by atoms with E-state index in [4.69, 9.17) is 9.47 Å². The number of fused-ring (bicyclic) bond motifs is 1. The highest BCUT2D eigenvalue weighted by Gasteiger charge is 2.12. The molecule has 118 valence electrons. The van der Waals surface area contributed by atoms with E-state index in [0.717, 1.165) is 0 Å². The van der Waals surface area contributed by atoms with Gasteiger partial charge in [0.05, 0.1) is 23.9 Å². The molecule has 6 heteroatoms. The fraction of sp³-hybridized carbons (Fsp3) is 0.111. The van der Waals surface area contributed by atoms with Crippen molar-refractivity contribution in [2.75, 3.05) is 13.9 Å². The van der Waals surface area contributed by atoms with Gasteiger partial charge in [0.25, 0.3) is 0 Å². The third kappa shape index (κ3) is 3.12. The van der Waals surface area contributed by atoms with Crippen LogP contribution in [-0.4, -0.2) is 26.0 Å². The minimum Gasteiger partial charge on any atom is -0.465 e. The van der Waals surface area contributed by atoms with E-state index in [-0.39, 0.29) is 6.79 Å². The fourth-order valence-corrected chi connectivity index (χ4v) is 2.14. The monoisotopic (exact) mass is 321 g/mol. The maximum Gasteiger partial charge on any atom is 0.337 e. The summed E-state index contributed by atoms with van der Waals surface area (Å²) in [6.45, 7) is 0.186. The van der Waals surface area contributed by atoms with Gasteiger partial charge in [-0.3, -0.25) is 0 Å². The lowest BCUT2D eigenvalue weighted by Gasteiger charge is -2.02. The van der Waals surface area contributed by atoms with Crippen LogP contribution in [0.2, 0.25) is 0 Å². The van der Waals surface area contributed by atoms with Gasteiger partial charge >= 0.3 is 5.97 Å². The van der Waals surface area contributed by atoms with Gasteiger partial charge in [0.1, 0.15) is 0 Å². The Balaban J connectivity index is 1.99. The molecule has 1 aliphatic rings. The van der Waals surface area contributed by atoms with E-state index >= 15 is 0 Å². The van der Waals surface area contributed by atoms with Crippen molar-refractivity contribution < 1.29 is 23.8 Å². The lowest BCUT2D eigenvalue weighted by molar-refractivity contribution is 0.0600. The zero-order valence-corrected chi connectivity index (χ0v) is 12.7. The van der Waals surface area contributed by atoms with E-state index in [1.807, 2.05) is 0 Å². The Morgan fingerprint density at radius 2 is 1.96 bits per heavy atom. The molecule has 0 bridgehead atoms. The maximum absolute atomic E-state index is 11.6. The van der Waals surface area contributed by atoms with Crippen molar-refractivity contribution in [1.29, 1.82) is 0 Å². The van der Waals surface area contributed by atoms with Gasteiger partial charge in [0, 0.05) is 5.56 Å². The molecule has 0 N–H and O–H groups in total. The van der Waals surface area contributed by atoms with Crippen molar-refractivity contribution in [2.24, 2.45) is 4.99 Å². The van der Waals surface area contributed by atoms with Gasteiger partial charge in [0.15, 0.2) is 11.5 Å². The molecule has 0 fully saturated rings. The Bertz CT molecular complexity index is 917. The maximum atomic E-state index is 11.6. The number of isocyanates is 1. The third-order valence-corrected chi connectivity index (χ3v) is 3.30. The number of carbonyl (C=O) groups excluding carboxylic acids is 2. The molecule has 1 aliphatic heterocycles. The first-order valence-electron chi connectivity index (χ1n) is 6.93. The number of nitrogens with zero attached hydrogens (tertiary/aromatic N) is 1. The molecule has 6 nitrogen and oxygen atoms in total. The number of hydrogen-bond donors (Lipinski definition) is 0. The topological polar surface area (TPSA) is 74.2 Å². The Kier molecular flexibility index (Phi) is 4.28. The largest absolute Gasteiger partial charge is 0.465 e. The van der Waals surface area contributed by atoms with E-state index in [0.29, 0.717) is 33.9 Å². The summed E-state index contributed by atoms with van der Waals surface area (Å²) in [4.78, 5) is 25.8. The molecule has 2 aromatic carbocycles. The Hall–Kier alpha value is -3.55. The van der Waals surface area contributed by atoms with Gasteiger partial charge in [0.2, 0.25) is 12.9 Å². The van der Waals surface area contributed by atoms with Crippen molar-refractivity contribution in [1.82, 2.24) is 0 Å². The minimum absolute atomic E-state index is 0.186. The van der Waals surface area contributed by atoms with Gasteiger partial charge < -0.3 is 14.2 Å². The van der Waals surface area contributed by atoms with E-state index in [9.17, 15) is 9.59 Å². The Labute approximate surface area is 137 Å². The summed E-state index contributed by atoms with van der Waals surface area (Å²) in [5.74, 6) is 6.63. The molecule has 0 radical (unpaired) electrons. The fourth-order valence-electron chi connectivity index (χ4n) is 2.14. The number of methoxy groups -OCH3 is 1. The highest BCUT2D eigenvalue weighted by Crippen LogP contribution is 2.32. The van der Waals surface area contributed by atoms with Gasteiger partial charge in [-0.25, -0.2) is 9.59 Å². The zero-order valence-electron chi connectivity index (χ0n) is 12.7. The highest BCUT2D eigenvalue weighted by atomic mass is 16.7. The lowest BCUT2D eigenvalue weighted by Crippen LogP contribution is -2.01. The zero-order chi connectivity index (χ0) is 16.9. The number of ether oxygens (including phenoxy) is 3. The summed E-state index contributed by atoms with van der Waals surface area (Å²) >= 11 is 0. The predicted molar refractivity (Wildman–Crippen MR) is 84.1 cm³/mol. The molecule has 0 aromatic heterocycles. The van der Waals surface area contributed by atoms with E-state index in [1.54, 1.807) is 18.2 Å². The SMILES string of the molecule is COC(=O)c1ccc(N=C=O)c(C#Cc2ccc3c(c2)OCO3)c1. The van der Waals surface area contributed by atoms with Crippen molar-refractivity contribution >= 4 is 17.7 Å². The van der Waals surface area contributed by atoms with Crippen LogP contribution in [0, 0.1) is 11.8 Å². The van der Waals surface area contributed by atoms with Crippen LogP contribution in [0.5, 0.6) is 11.5 Å². The lowest BCUT2D eigenvalue weighted by atomic mass is 10.1.